The van der Waals surface area contributed by atoms with E-state index >= 15 is 4.39 Å². The average Bonchev–Trinajstić information content (AvgIpc) is 4.00. The number of fused-ring (bicyclic) bond motifs is 2. The minimum atomic E-state index is -1.05. The van der Waals surface area contributed by atoms with Gasteiger partial charge in [-0.05, 0) is 111 Å². The van der Waals surface area contributed by atoms with Crippen LogP contribution >= 0.6 is 0 Å². The third kappa shape index (κ3) is 9.10. The molecule has 4 N–H and O–H groups in total. The fourth-order valence-corrected chi connectivity index (χ4v) is 10.0. The average molecular weight is 929 g/mol. The second-order valence-electron chi connectivity index (χ2n) is 18.1. The van der Waals surface area contributed by atoms with Crippen LogP contribution in [0.4, 0.5) is 27.1 Å². The van der Waals surface area contributed by atoms with Crippen molar-refractivity contribution in [3.63, 3.8) is 0 Å². The van der Waals surface area contributed by atoms with Crippen LogP contribution in [0.2, 0.25) is 0 Å². The lowest BCUT2D eigenvalue weighted by Crippen LogP contribution is -2.44. The molecular formula is C50H57FN10O7. The van der Waals surface area contributed by atoms with Crippen molar-refractivity contribution in [2.45, 2.75) is 69.7 Å². The number of nitrogens with zero attached hydrogens (tertiary/aromatic N) is 6. The zero-order valence-electron chi connectivity index (χ0n) is 38.8. The number of hydrazine groups is 1. The lowest BCUT2D eigenvalue weighted by atomic mass is 9.93. The van der Waals surface area contributed by atoms with Crippen LogP contribution in [-0.4, -0.2) is 104 Å². The van der Waals surface area contributed by atoms with Gasteiger partial charge in [0.15, 0.2) is 0 Å². The van der Waals surface area contributed by atoms with Crippen LogP contribution in [0.5, 0.6) is 0 Å². The highest BCUT2D eigenvalue weighted by Gasteiger charge is 2.37. The third-order valence-electron chi connectivity index (χ3n) is 13.7. The van der Waals surface area contributed by atoms with Crippen molar-refractivity contribution >= 4 is 63.3 Å². The number of carbonyl (C=O) groups excluding carboxylic acids is 5. The highest BCUT2D eigenvalue weighted by Crippen LogP contribution is 2.41. The van der Waals surface area contributed by atoms with Crippen LogP contribution in [-0.2, 0) is 37.5 Å². The largest absolute Gasteiger partial charge is 0.378 e. The summed E-state index contributed by atoms with van der Waals surface area (Å²) in [5, 5.41) is 9.42. The molecule has 68 heavy (non-hydrogen) atoms. The molecule has 3 fully saturated rings. The number of piperidine rings is 2. The molecule has 0 spiro atoms. The molecule has 4 aliphatic rings. The van der Waals surface area contributed by atoms with E-state index in [-0.39, 0.29) is 47.9 Å². The van der Waals surface area contributed by atoms with E-state index < -0.39 is 29.7 Å². The van der Waals surface area contributed by atoms with E-state index in [1.165, 1.54) is 11.6 Å². The summed E-state index contributed by atoms with van der Waals surface area (Å²) in [7, 11) is 6.97. The third-order valence-corrected chi connectivity index (χ3v) is 13.7. The minimum absolute atomic E-state index is 0.0577. The molecule has 9 rings (SSSR count). The number of benzene rings is 4. The van der Waals surface area contributed by atoms with Gasteiger partial charge >= 0.3 is 5.69 Å². The van der Waals surface area contributed by atoms with Crippen molar-refractivity contribution in [3.8, 4) is 11.1 Å². The quantitative estimate of drug-likeness (QED) is 0.0892. The first kappa shape index (κ1) is 46.2. The molecule has 17 nitrogen and oxygen atoms in total. The number of rotatable bonds is 14. The fraction of sp³-hybridized carbons (Fsp3) is 0.400. The summed E-state index contributed by atoms with van der Waals surface area (Å²) in [6.45, 7) is 3.91. The SMILES string of the molecule is CNC(=O)c1cccc(NC(=O)C2NN(C)c3ccc(-c4ccc(N5CCCC5=O)cc4CN(C)CCCOC4CCN(c5ccc6c(c5)n(C)c(=O)n6C5CCC(=O)NC5=O)CC4)c(F)c32)c1. The molecule has 4 aromatic carbocycles. The molecule has 4 aliphatic heterocycles. The lowest BCUT2D eigenvalue weighted by Gasteiger charge is -2.33. The summed E-state index contributed by atoms with van der Waals surface area (Å²) >= 11 is 0. The van der Waals surface area contributed by atoms with Crippen molar-refractivity contribution in [1.82, 2.24) is 30.1 Å². The summed E-state index contributed by atoms with van der Waals surface area (Å²) in [5.41, 5.74) is 9.31. The standard InChI is InChI=1S/C50H57FN10O7/c1-52-47(64)30-8-5-9-32(26-30)53-49(66)46-44-39(58(4)55-46)16-14-37(45(44)51)36-13-11-34(60-22-6-10-43(60)63)27-31(36)29-56(2)21-7-25-68-35-19-23-59(24-20-35)33-12-15-38-41(28-33)57(3)50(67)61(38)40-17-18-42(62)54-48(40)65/h5,8-9,11-16,26-28,35,40,46,55H,6-7,10,17-25,29H2,1-4H3,(H,52,64)(H,53,66)(H,54,62,65). The van der Waals surface area contributed by atoms with Crippen molar-refractivity contribution in [3.05, 3.63) is 106 Å². The van der Waals surface area contributed by atoms with E-state index in [9.17, 15) is 28.8 Å². The maximum Gasteiger partial charge on any atom is 0.329 e. The summed E-state index contributed by atoms with van der Waals surface area (Å²) in [6, 6.07) is 19.9. The number of aryl methyl sites for hydroxylation is 1. The van der Waals surface area contributed by atoms with Gasteiger partial charge < -0.3 is 35.1 Å². The number of aromatic nitrogens is 2. The molecule has 5 amide bonds. The van der Waals surface area contributed by atoms with E-state index in [4.69, 9.17) is 4.74 Å². The zero-order valence-corrected chi connectivity index (χ0v) is 38.8. The van der Waals surface area contributed by atoms with Gasteiger partial charge in [0.25, 0.3) is 5.91 Å². The summed E-state index contributed by atoms with van der Waals surface area (Å²) < 4.78 is 26.5. The number of nitrogens with one attached hydrogen (secondary N) is 4. The van der Waals surface area contributed by atoms with Gasteiger partial charge in [-0.15, -0.1) is 0 Å². The number of hydrogen-bond donors (Lipinski definition) is 4. The van der Waals surface area contributed by atoms with Gasteiger partial charge in [-0.1, -0.05) is 12.1 Å². The molecule has 0 aliphatic carbocycles. The summed E-state index contributed by atoms with van der Waals surface area (Å²) in [6.07, 6.45) is 4.25. The van der Waals surface area contributed by atoms with Gasteiger partial charge in [-0.3, -0.25) is 38.4 Å². The van der Waals surface area contributed by atoms with Crippen LogP contribution in [0, 0.1) is 5.82 Å². The minimum Gasteiger partial charge on any atom is -0.378 e. The Morgan fingerprint density at radius 3 is 2.41 bits per heavy atom. The molecule has 3 saturated heterocycles. The molecular weight excluding hydrogens is 872 g/mol. The Bertz CT molecular complexity index is 2870. The highest BCUT2D eigenvalue weighted by molar-refractivity contribution is 6.01. The van der Waals surface area contributed by atoms with E-state index in [0.29, 0.717) is 66.2 Å². The Balaban J connectivity index is 0.841. The second-order valence-corrected chi connectivity index (χ2v) is 18.1. The molecule has 5 heterocycles. The van der Waals surface area contributed by atoms with Crippen LogP contribution in [0.25, 0.3) is 22.2 Å². The molecule has 0 radical (unpaired) electrons. The van der Waals surface area contributed by atoms with E-state index in [2.05, 4.69) is 31.2 Å². The predicted molar refractivity (Wildman–Crippen MR) is 257 cm³/mol. The zero-order chi connectivity index (χ0) is 47.8. The Kier molecular flexibility index (Phi) is 13.2. The molecule has 0 bridgehead atoms. The number of anilines is 4. The molecule has 1 aromatic heterocycles. The van der Waals surface area contributed by atoms with Gasteiger partial charge in [-0.2, -0.15) is 0 Å². The van der Waals surface area contributed by atoms with Crippen molar-refractivity contribution < 1.29 is 33.1 Å². The smallest absolute Gasteiger partial charge is 0.329 e. The molecule has 356 valence electrons. The van der Waals surface area contributed by atoms with Crippen molar-refractivity contribution in [1.29, 1.82) is 0 Å². The first-order chi connectivity index (χ1) is 32.8. The van der Waals surface area contributed by atoms with Crippen LogP contribution < -0.4 is 41.9 Å². The number of imide groups is 1. The first-order valence-electron chi connectivity index (χ1n) is 23.3. The molecule has 2 atom stereocenters. The number of carbonyl (C=O) groups is 5. The molecule has 0 saturated carbocycles. The van der Waals surface area contributed by atoms with Gasteiger partial charge in [0.05, 0.1) is 22.8 Å². The van der Waals surface area contributed by atoms with Crippen molar-refractivity contribution in [2.75, 3.05) is 74.1 Å². The number of hydrogen-bond acceptors (Lipinski definition) is 11. The Hall–Kier alpha value is -6.89. The van der Waals surface area contributed by atoms with Gasteiger partial charge in [0.2, 0.25) is 23.6 Å². The Morgan fingerprint density at radius 1 is 0.882 bits per heavy atom. The Labute approximate surface area is 393 Å². The van der Waals surface area contributed by atoms with E-state index in [1.807, 2.05) is 43.4 Å². The maximum absolute atomic E-state index is 17.1. The van der Waals surface area contributed by atoms with Gasteiger partial charge in [0, 0.05) is 107 Å². The van der Waals surface area contributed by atoms with E-state index in [0.717, 1.165) is 61.2 Å². The van der Waals surface area contributed by atoms with Gasteiger partial charge in [0.1, 0.15) is 17.9 Å². The summed E-state index contributed by atoms with van der Waals surface area (Å²) in [5.74, 6) is -2.03. The first-order valence-corrected chi connectivity index (χ1v) is 23.3. The normalized spacial score (nSPS) is 18.7. The molecule has 18 heteroatoms. The van der Waals surface area contributed by atoms with E-state index in [1.54, 1.807) is 65.0 Å². The molecule has 5 aromatic rings. The summed E-state index contributed by atoms with van der Waals surface area (Å²) in [4.78, 5) is 82.8. The van der Waals surface area contributed by atoms with Crippen LogP contribution in [0.1, 0.15) is 78.5 Å². The number of imidazole rings is 1. The lowest BCUT2D eigenvalue weighted by molar-refractivity contribution is -0.135. The predicted octanol–water partition coefficient (Wildman–Crippen LogP) is 4.75. The van der Waals surface area contributed by atoms with Crippen LogP contribution in [0.15, 0.2) is 77.6 Å². The van der Waals surface area contributed by atoms with Crippen LogP contribution in [0.3, 0.4) is 0 Å². The number of amides is 5. The highest BCUT2D eigenvalue weighted by atomic mass is 19.1. The number of halogens is 1. The molecule has 2 unspecified atom stereocenters. The maximum atomic E-state index is 17.1. The van der Waals surface area contributed by atoms with Gasteiger partial charge in [-0.25, -0.2) is 14.6 Å². The fourth-order valence-electron chi connectivity index (χ4n) is 10.0. The van der Waals surface area contributed by atoms with Crippen molar-refractivity contribution in [2.24, 2.45) is 7.05 Å². The Morgan fingerprint density at radius 2 is 1.66 bits per heavy atom. The number of ether oxygens (including phenoxy) is 1. The second kappa shape index (κ2) is 19.4. The monoisotopic (exact) mass is 928 g/mol. The topological polar surface area (TPSA) is 183 Å².